The first kappa shape index (κ1) is 18.6. The van der Waals surface area contributed by atoms with Crippen LogP contribution in [0.1, 0.15) is 37.3 Å². The summed E-state index contributed by atoms with van der Waals surface area (Å²) in [6.07, 6.45) is 5.80. The van der Waals surface area contributed by atoms with Gasteiger partial charge in [0.2, 0.25) is 5.95 Å². The Labute approximate surface area is 159 Å². The standard InChI is InChI=1S/C18H25N6OS/c19-17(26)16(24-18(20)21-13-22-24)7-10-25-15-6-4-5-14(11-15)12-23-8-2-1-3-9-23/h4-6,11,13,16,19H,1-3,7-10,12H2,(H2,20,21,22). The molecule has 3 rings (SSSR count). The van der Waals surface area contributed by atoms with Crippen LogP contribution < -0.4 is 16.2 Å². The lowest BCUT2D eigenvalue weighted by molar-refractivity contribution is 0.220. The Morgan fingerprint density at radius 3 is 2.81 bits per heavy atom. The molecule has 0 saturated carbocycles. The smallest absolute Gasteiger partial charge is 0.219 e. The maximum Gasteiger partial charge on any atom is 0.219 e. The third kappa shape index (κ3) is 4.92. The van der Waals surface area contributed by atoms with Crippen LogP contribution in [-0.4, -0.2) is 44.3 Å². The molecule has 0 aliphatic carbocycles. The van der Waals surface area contributed by atoms with Crippen molar-refractivity contribution >= 4 is 23.2 Å². The van der Waals surface area contributed by atoms with Crippen molar-refractivity contribution in [3.8, 4) is 5.75 Å². The minimum atomic E-state index is -0.413. The number of nitrogens with one attached hydrogen (secondary N) is 1. The van der Waals surface area contributed by atoms with Gasteiger partial charge in [0.05, 0.1) is 6.61 Å². The summed E-state index contributed by atoms with van der Waals surface area (Å²) in [5.41, 5.74) is 14.8. The van der Waals surface area contributed by atoms with E-state index in [2.05, 4.69) is 27.1 Å². The number of thiocarbonyl (C=S) groups is 1. The van der Waals surface area contributed by atoms with Crippen LogP contribution in [0.3, 0.4) is 0 Å². The second kappa shape index (κ2) is 8.95. The van der Waals surface area contributed by atoms with Gasteiger partial charge in [0, 0.05) is 13.0 Å². The second-order valence-electron chi connectivity index (χ2n) is 6.56. The zero-order valence-corrected chi connectivity index (χ0v) is 15.6. The van der Waals surface area contributed by atoms with Crippen molar-refractivity contribution in [2.24, 2.45) is 0 Å². The fourth-order valence-electron chi connectivity index (χ4n) is 3.26. The predicted molar refractivity (Wildman–Crippen MR) is 105 cm³/mol. The third-order valence-electron chi connectivity index (χ3n) is 4.61. The minimum absolute atomic E-state index is 0.0737. The molecule has 1 aromatic carbocycles. The van der Waals surface area contributed by atoms with Gasteiger partial charge >= 0.3 is 0 Å². The number of nitrogens with two attached hydrogens (primary N) is 1. The van der Waals surface area contributed by atoms with Gasteiger partial charge in [-0.3, -0.25) is 10.6 Å². The molecule has 139 valence electrons. The molecule has 26 heavy (non-hydrogen) atoms. The summed E-state index contributed by atoms with van der Waals surface area (Å²) < 4.78 is 7.37. The van der Waals surface area contributed by atoms with Gasteiger partial charge in [-0.05, 0) is 43.6 Å². The summed E-state index contributed by atoms with van der Waals surface area (Å²) in [5, 5.41) is 4.05. The van der Waals surface area contributed by atoms with Gasteiger partial charge < -0.3 is 10.5 Å². The largest absolute Gasteiger partial charge is 0.493 e. The molecule has 1 atom stereocenters. The number of likely N-dealkylation sites (tertiary alicyclic amines) is 1. The van der Waals surface area contributed by atoms with Crippen molar-refractivity contribution in [2.45, 2.75) is 38.3 Å². The zero-order valence-electron chi connectivity index (χ0n) is 14.8. The van der Waals surface area contributed by atoms with E-state index in [0.29, 0.717) is 13.0 Å². The molecule has 1 aliphatic rings. The van der Waals surface area contributed by atoms with E-state index < -0.39 is 6.04 Å². The zero-order chi connectivity index (χ0) is 18.4. The van der Waals surface area contributed by atoms with Crippen LogP contribution >= 0.6 is 12.2 Å². The number of anilines is 1. The highest BCUT2D eigenvalue weighted by atomic mass is 32.1. The third-order valence-corrected chi connectivity index (χ3v) is 4.88. The molecule has 1 saturated heterocycles. The predicted octanol–water partition coefficient (Wildman–Crippen LogP) is 2.47. The fraction of sp³-hybridized carbons (Fsp3) is 0.500. The molecule has 0 bridgehead atoms. The molecule has 1 fully saturated rings. The molecule has 1 aliphatic heterocycles. The highest BCUT2D eigenvalue weighted by Gasteiger charge is 2.18. The summed E-state index contributed by atoms with van der Waals surface area (Å²) in [6.45, 7) is 3.74. The monoisotopic (exact) mass is 373 g/mol. The quantitative estimate of drug-likeness (QED) is 0.715. The number of aromatic nitrogens is 3. The minimum Gasteiger partial charge on any atom is -0.493 e. The molecule has 1 aromatic heterocycles. The van der Waals surface area contributed by atoms with Gasteiger partial charge in [0.1, 0.15) is 23.1 Å². The van der Waals surface area contributed by atoms with Crippen molar-refractivity contribution in [1.82, 2.24) is 25.4 Å². The maximum atomic E-state index is 7.79. The SMILES string of the molecule is [NH]C(=S)C(CCOc1cccc(CN2CCCCC2)c1)n1ncnc1N. The first-order valence-electron chi connectivity index (χ1n) is 8.98. The topological polar surface area (TPSA) is 93.0 Å². The van der Waals surface area contributed by atoms with E-state index in [0.717, 1.165) is 12.3 Å². The lowest BCUT2D eigenvalue weighted by Crippen LogP contribution is -2.29. The Balaban J connectivity index is 1.54. The van der Waals surface area contributed by atoms with Crippen molar-refractivity contribution in [1.29, 1.82) is 0 Å². The molecule has 1 unspecified atom stereocenters. The molecule has 3 N–H and O–H groups in total. The van der Waals surface area contributed by atoms with E-state index in [-0.39, 0.29) is 10.9 Å². The lowest BCUT2D eigenvalue weighted by atomic mass is 10.1. The second-order valence-corrected chi connectivity index (χ2v) is 7.00. The highest BCUT2D eigenvalue weighted by molar-refractivity contribution is 7.80. The summed E-state index contributed by atoms with van der Waals surface area (Å²) >= 11 is 5.03. The Hall–Kier alpha value is -2.19. The van der Waals surface area contributed by atoms with Gasteiger partial charge in [-0.25, -0.2) is 9.67 Å². The van der Waals surface area contributed by atoms with E-state index in [1.165, 1.54) is 48.9 Å². The molecular formula is C18H25N6OS. The van der Waals surface area contributed by atoms with E-state index >= 15 is 0 Å². The van der Waals surface area contributed by atoms with Crippen LogP contribution in [0.25, 0.3) is 0 Å². The van der Waals surface area contributed by atoms with E-state index in [9.17, 15) is 0 Å². The molecule has 1 radical (unpaired) electrons. The number of hydrogen-bond acceptors (Lipinski definition) is 6. The van der Waals surface area contributed by atoms with Crippen LogP contribution in [0.5, 0.6) is 5.75 Å². The van der Waals surface area contributed by atoms with Gasteiger partial charge in [-0.15, -0.1) is 0 Å². The Morgan fingerprint density at radius 2 is 2.12 bits per heavy atom. The average Bonchev–Trinajstić information content (AvgIpc) is 3.05. The van der Waals surface area contributed by atoms with Gasteiger partial charge in [-0.1, -0.05) is 30.8 Å². The van der Waals surface area contributed by atoms with Crippen molar-refractivity contribution < 1.29 is 4.74 Å². The van der Waals surface area contributed by atoms with Crippen molar-refractivity contribution in [3.63, 3.8) is 0 Å². The van der Waals surface area contributed by atoms with Crippen LogP contribution in [0.4, 0.5) is 5.95 Å². The molecule has 7 nitrogen and oxygen atoms in total. The van der Waals surface area contributed by atoms with Crippen molar-refractivity contribution in [3.05, 3.63) is 36.2 Å². The molecule has 2 heterocycles. The fourth-order valence-corrected chi connectivity index (χ4v) is 3.48. The van der Waals surface area contributed by atoms with E-state index in [1.54, 1.807) is 0 Å². The average molecular weight is 374 g/mol. The number of nitrogens with zero attached hydrogens (tertiary/aromatic N) is 4. The van der Waals surface area contributed by atoms with Crippen LogP contribution in [0.15, 0.2) is 30.6 Å². The van der Waals surface area contributed by atoms with Crippen LogP contribution in [-0.2, 0) is 6.54 Å². The van der Waals surface area contributed by atoms with Crippen LogP contribution in [0, 0.1) is 0 Å². The Kier molecular flexibility index (Phi) is 6.40. The molecular weight excluding hydrogens is 348 g/mol. The number of ether oxygens (including phenoxy) is 1. The van der Waals surface area contributed by atoms with Gasteiger partial charge in [0.15, 0.2) is 0 Å². The molecule has 8 heteroatoms. The maximum absolute atomic E-state index is 7.79. The van der Waals surface area contributed by atoms with E-state index in [1.807, 2.05) is 12.1 Å². The molecule has 0 amide bonds. The summed E-state index contributed by atoms with van der Waals surface area (Å²) in [4.78, 5) is 6.46. The summed E-state index contributed by atoms with van der Waals surface area (Å²) in [5.74, 6) is 1.09. The van der Waals surface area contributed by atoms with Gasteiger partial charge in [0.25, 0.3) is 0 Å². The van der Waals surface area contributed by atoms with Gasteiger partial charge in [-0.2, -0.15) is 5.10 Å². The number of piperidine rings is 1. The number of hydrogen-bond donors (Lipinski definition) is 1. The first-order chi connectivity index (χ1) is 12.6. The number of benzene rings is 1. The van der Waals surface area contributed by atoms with E-state index in [4.69, 9.17) is 28.4 Å². The Morgan fingerprint density at radius 1 is 1.31 bits per heavy atom. The summed E-state index contributed by atoms with van der Waals surface area (Å²) in [6, 6.07) is 7.80. The summed E-state index contributed by atoms with van der Waals surface area (Å²) in [7, 11) is 0. The highest BCUT2D eigenvalue weighted by Crippen LogP contribution is 2.19. The van der Waals surface area contributed by atoms with Crippen LogP contribution in [0.2, 0.25) is 0 Å². The Bertz CT molecular complexity index is 728. The normalized spacial score (nSPS) is 16.3. The number of rotatable bonds is 8. The van der Waals surface area contributed by atoms with Crippen molar-refractivity contribution in [2.75, 3.05) is 25.4 Å². The number of nitrogen functional groups attached to an aromatic ring is 1. The first-order valence-corrected chi connectivity index (χ1v) is 9.39. The molecule has 2 aromatic rings. The lowest BCUT2D eigenvalue weighted by Gasteiger charge is -2.26. The molecule has 0 spiro atoms.